The van der Waals surface area contributed by atoms with E-state index in [1.807, 2.05) is 55.4 Å². The third kappa shape index (κ3) is 4.22. The molecule has 6 heterocycles. The van der Waals surface area contributed by atoms with Crippen molar-refractivity contribution < 1.29 is 0 Å². The fourth-order valence-electron chi connectivity index (χ4n) is 9.88. The minimum absolute atomic E-state index is 0.286. The van der Waals surface area contributed by atoms with E-state index in [4.69, 9.17) is 9.97 Å². The van der Waals surface area contributed by atoms with E-state index in [2.05, 4.69) is 104 Å². The van der Waals surface area contributed by atoms with Crippen LogP contribution >= 0.6 is 0 Å². The minimum atomic E-state index is 0.286. The van der Waals surface area contributed by atoms with Crippen molar-refractivity contribution in [3.63, 3.8) is 0 Å². The predicted molar refractivity (Wildman–Crippen MR) is 216 cm³/mol. The molecule has 6 heteroatoms. The van der Waals surface area contributed by atoms with Crippen LogP contribution in [0, 0.1) is 0 Å². The zero-order chi connectivity index (χ0) is 35.3. The third-order valence-corrected chi connectivity index (χ3v) is 12.1. The van der Waals surface area contributed by atoms with E-state index >= 15 is 0 Å². The summed E-state index contributed by atoms with van der Waals surface area (Å²) in [5.41, 5.74) is 18.7. The molecular weight excluding hydrogens is 661 g/mol. The van der Waals surface area contributed by atoms with Gasteiger partial charge in [-0.1, -0.05) is 36.4 Å². The Kier molecular flexibility index (Phi) is 6.32. The molecule has 3 aliphatic rings. The van der Waals surface area contributed by atoms with Crippen LogP contribution < -0.4 is 0 Å². The van der Waals surface area contributed by atoms with Crippen molar-refractivity contribution in [2.45, 2.75) is 38.0 Å². The number of aryl methyl sites for hydroxylation is 4. The van der Waals surface area contributed by atoms with Gasteiger partial charge in [-0.25, -0.2) is 9.97 Å². The van der Waals surface area contributed by atoms with Gasteiger partial charge >= 0.3 is 0 Å². The third-order valence-electron chi connectivity index (χ3n) is 12.1. The average molecular weight is 695 g/mol. The van der Waals surface area contributed by atoms with E-state index in [1.54, 1.807) is 0 Å². The smallest absolute Gasteiger partial charge is 0.137 e. The lowest BCUT2D eigenvalue weighted by atomic mass is 9.73. The summed E-state index contributed by atoms with van der Waals surface area (Å²) in [5, 5.41) is 3.94. The number of hydrogen-bond acceptors (Lipinski definition) is 4. The molecule has 9 aromatic rings. The molecule has 0 bridgehead atoms. The van der Waals surface area contributed by atoms with Gasteiger partial charge < -0.3 is 0 Å². The number of benzene rings is 3. The summed E-state index contributed by atoms with van der Waals surface area (Å²) in [5.74, 6) is 2.21. The molecule has 0 fully saturated rings. The second kappa shape index (κ2) is 11.4. The molecule has 256 valence electrons. The first kappa shape index (κ1) is 29.9. The van der Waals surface area contributed by atoms with E-state index in [0.717, 1.165) is 49.3 Å². The topological polar surface area (TPSA) is 61.4 Å². The molecule has 0 saturated heterocycles. The number of fused-ring (bicyclic) bond motifs is 8. The van der Waals surface area contributed by atoms with Gasteiger partial charge in [0, 0.05) is 64.8 Å². The number of nitrogens with zero attached hydrogens (tertiary/aromatic N) is 6. The number of pyridine rings is 4. The van der Waals surface area contributed by atoms with Crippen LogP contribution in [-0.2, 0) is 32.1 Å². The SMILES string of the molecule is C1=CC(c2cccnc2)Cc2c1n(-c1ccccn1)c1c3c4c(cc21)CCc1c-4c(cc2c4cc(-c5cccnc5)ccc4n(-c4ccccn4)c12)CC3. The zero-order valence-corrected chi connectivity index (χ0v) is 29.6. The van der Waals surface area contributed by atoms with Gasteiger partial charge in [0.15, 0.2) is 0 Å². The molecule has 1 atom stereocenters. The van der Waals surface area contributed by atoms with Crippen molar-refractivity contribution in [1.29, 1.82) is 0 Å². The van der Waals surface area contributed by atoms with Gasteiger partial charge in [-0.3, -0.25) is 19.1 Å². The maximum atomic E-state index is 4.95. The first-order chi connectivity index (χ1) is 26.8. The quantitative estimate of drug-likeness (QED) is 0.184. The number of rotatable bonds is 4. The lowest BCUT2D eigenvalue weighted by molar-refractivity contribution is 0.817. The van der Waals surface area contributed by atoms with Crippen LogP contribution in [0.3, 0.4) is 0 Å². The molecule has 1 unspecified atom stereocenters. The first-order valence-electron chi connectivity index (χ1n) is 19.0. The molecule has 3 aromatic carbocycles. The zero-order valence-electron chi connectivity index (χ0n) is 29.6. The van der Waals surface area contributed by atoms with Crippen molar-refractivity contribution >= 4 is 38.8 Å². The van der Waals surface area contributed by atoms with Crippen LogP contribution in [0.15, 0.2) is 134 Å². The highest BCUT2D eigenvalue weighted by molar-refractivity contribution is 6.14. The average Bonchev–Trinajstić information content (AvgIpc) is 3.75. The molecule has 6 aromatic heterocycles. The summed E-state index contributed by atoms with van der Waals surface area (Å²) < 4.78 is 4.88. The van der Waals surface area contributed by atoms with Crippen molar-refractivity contribution in [2.24, 2.45) is 0 Å². The molecule has 0 aliphatic heterocycles. The molecule has 6 nitrogen and oxygen atoms in total. The maximum Gasteiger partial charge on any atom is 0.137 e. The van der Waals surface area contributed by atoms with E-state index in [-0.39, 0.29) is 5.92 Å². The van der Waals surface area contributed by atoms with Gasteiger partial charge in [-0.05, 0) is 149 Å². The lowest BCUT2D eigenvalue weighted by Crippen LogP contribution is -2.16. The molecule has 12 rings (SSSR count). The fourth-order valence-corrected chi connectivity index (χ4v) is 9.88. The van der Waals surface area contributed by atoms with E-state index in [9.17, 15) is 0 Å². The molecule has 0 radical (unpaired) electrons. The Bertz CT molecular complexity index is 3000. The number of aromatic nitrogens is 6. The van der Waals surface area contributed by atoms with Gasteiger partial charge in [-0.2, -0.15) is 0 Å². The van der Waals surface area contributed by atoms with Crippen LogP contribution in [0.1, 0.15) is 45.0 Å². The lowest BCUT2D eigenvalue weighted by Gasteiger charge is -2.31. The van der Waals surface area contributed by atoms with E-state index in [1.165, 1.54) is 88.5 Å². The van der Waals surface area contributed by atoms with Crippen LogP contribution in [0.25, 0.3) is 72.7 Å². The number of hydrogen-bond donors (Lipinski definition) is 0. The van der Waals surface area contributed by atoms with Gasteiger partial charge in [0.1, 0.15) is 11.6 Å². The van der Waals surface area contributed by atoms with Crippen LogP contribution in [0.4, 0.5) is 0 Å². The molecule has 0 amide bonds. The summed E-state index contributed by atoms with van der Waals surface area (Å²) in [6.07, 6.45) is 21.1. The molecule has 54 heavy (non-hydrogen) atoms. The van der Waals surface area contributed by atoms with Crippen LogP contribution in [-0.4, -0.2) is 29.1 Å². The Morgan fingerprint density at radius 2 is 1.24 bits per heavy atom. The van der Waals surface area contributed by atoms with Gasteiger partial charge in [0.2, 0.25) is 0 Å². The second-order valence-electron chi connectivity index (χ2n) is 14.9. The molecule has 3 aliphatic carbocycles. The maximum absolute atomic E-state index is 4.95. The Labute approximate surface area is 312 Å². The summed E-state index contributed by atoms with van der Waals surface area (Å²) in [6.45, 7) is 0. The molecule has 0 spiro atoms. The van der Waals surface area contributed by atoms with Crippen molar-refractivity contribution in [1.82, 2.24) is 29.1 Å². The Balaban J connectivity index is 1.14. The highest BCUT2D eigenvalue weighted by atomic mass is 15.1. The van der Waals surface area contributed by atoms with Crippen molar-refractivity contribution in [3.8, 4) is 33.9 Å². The Hall–Kier alpha value is -6.66. The van der Waals surface area contributed by atoms with Gasteiger partial charge in [0.25, 0.3) is 0 Å². The molecule has 0 N–H and O–H groups in total. The Morgan fingerprint density at radius 3 is 1.93 bits per heavy atom. The van der Waals surface area contributed by atoms with Crippen molar-refractivity contribution in [3.05, 3.63) is 173 Å². The highest BCUT2D eigenvalue weighted by Crippen LogP contribution is 2.51. The number of allylic oxidation sites excluding steroid dienone is 1. The largest absolute Gasteiger partial charge is 0.294 e. The monoisotopic (exact) mass is 694 g/mol. The van der Waals surface area contributed by atoms with Gasteiger partial charge in [0.05, 0.1) is 22.2 Å². The summed E-state index contributed by atoms with van der Waals surface area (Å²) in [6, 6.07) is 32.8. The van der Waals surface area contributed by atoms with Crippen molar-refractivity contribution in [2.75, 3.05) is 0 Å². The van der Waals surface area contributed by atoms with Gasteiger partial charge in [-0.15, -0.1) is 0 Å². The highest BCUT2D eigenvalue weighted by Gasteiger charge is 2.34. The van der Waals surface area contributed by atoms with E-state index < -0.39 is 0 Å². The summed E-state index contributed by atoms with van der Waals surface area (Å²) in [4.78, 5) is 18.8. The fraction of sp³-hybridized carbons (Fsp3) is 0.125. The van der Waals surface area contributed by atoms with Crippen LogP contribution in [0.5, 0.6) is 0 Å². The summed E-state index contributed by atoms with van der Waals surface area (Å²) >= 11 is 0. The molecular formula is C48H34N6. The standard InChI is InChI=1S/C48H34N6/c1-3-21-51-43(9-1)53-41-17-13-29(33-7-5-19-49-27-33)23-37(41)39-25-31-12-16-36-46-32(11-15-35(45(31)46)47(39)53)26-40-38-24-30(34-8-6-20-50-28-34)14-18-42(38)54(48(36)40)44-10-2-4-22-52-44/h1-10,13-14,17-23,25-28,30H,11-12,15-16,24H2. The molecule has 0 saturated carbocycles. The van der Waals surface area contributed by atoms with Crippen LogP contribution in [0.2, 0.25) is 0 Å². The minimum Gasteiger partial charge on any atom is -0.294 e. The Morgan fingerprint density at radius 1 is 0.537 bits per heavy atom. The predicted octanol–water partition coefficient (Wildman–Crippen LogP) is 10.2. The first-order valence-corrected chi connectivity index (χ1v) is 19.0. The second-order valence-corrected chi connectivity index (χ2v) is 14.9. The summed E-state index contributed by atoms with van der Waals surface area (Å²) in [7, 11) is 0. The van der Waals surface area contributed by atoms with E-state index in [0.29, 0.717) is 0 Å². The normalized spacial score (nSPS) is 15.5.